The van der Waals surface area contributed by atoms with Gasteiger partial charge < -0.3 is 14.5 Å². The third-order valence-corrected chi connectivity index (χ3v) is 8.12. The minimum atomic E-state index is -4.51. The number of alkyl halides is 3. The number of halogens is 3. The van der Waals surface area contributed by atoms with Gasteiger partial charge in [0, 0.05) is 36.3 Å². The Kier molecular flexibility index (Phi) is 7.32. The lowest BCUT2D eigenvalue weighted by Crippen LogP contribution is -2.45. The molecule has 2 aromatic heterocycles. The number of carbonyl (C=O) groups excluding carboxylic acids is 1. The number of aromatic nitrogens is 1. The normalized spacial score (nSPS) is 16.4. The van der Waals surface area contributed by atoms with Crippen LogP contribution in [0, 0.1) is 0 Å². The molecule has 1 aliphatic heterocycles. The highest BCUT2D eigenvalue weighted by atomic mass is 32.2. The van der Waals surface area contributed by atoms with Crippen molar-refractivity contribution in [3.8, 4) is 5.75 Å². The molecule has 5 rings (SSSR count). The summed E-state index contributed by atoms with van der Waals surface area (Å²) in [7, 11) is -4.01. The maximum atomic E-state index is 13.3. The fourth-order valence-electron chi connectivity index (χ4n) is 4.39. The van der Waals surface area contributed by atoms with E-state index in [0.717, 1.165) is 12.3 Å². The fourth-order valence-corrected chi connectivity index (χ4v) is 5.99. The van der Waals surface area contributed by atoms with E-state index in [2.05, 4.69) is 10.3 Å². The van der Waals surface area contributed by atoms with Gasteiger partial charge in [0.15, 0.2) is 0 Å². The Labute approximate surface area is 222 Å². The second kappa shape index (κ2) is 10.7. The van der Waals surface area contributed by atoms with Gasteiger partial charge in [0.25, 0.3) is 10.0 Å². The van der Waals surface area contributed by atoms with E-state index in [1.165, 1.54) is 16.4 Å². The first-order chi connectivity index (χ1) is 18.6. The number of nitrogens with zero attached hydrogens (tertiary/aromatic N) is 2. The molecule has 1 atom stereocenters. The monoisotopic (exact) mass is 559 g/mol. The first-order valence-electron chi connectivity index (χ1n) is 12.1. The number of hydrogen-bond acceptors (Lipinski definition) is 6. The summed E-state index contributed by atoms with van der Waals surface area (Å²) >= 11 is 0. The standard InChI is InChI=1S/C27H24F3N3O5S/c28-27(29,30)24-11-10-19(16-31-24)17-37-21-7-3-5-18(13-21)15-32-26(34)22-8-4-12-33(22)39(35,36)25-14-20-6-1-2-9-23(20)38-25/h1-3,5-7,9-11,13-14,16,22H,4,8,12,15,17H2,(H,32,34)/t22-/m0/s1. The third-order valence-electron chi connectivity index (χ3n) is 6.36. The molecule has 1 saturated heterocycles. The van der Waals surface area contributed by atoms with Gasteiger partial charge in [-0.1, -0.05) is 36.4 Å². The van der Waals surface area contributed by atoms with Crippen molar-refractivity contribution in [2.45, 2.75) is 43.3 Å². The van der Waals surface area contributed by atoms with Crippen molar-refractivity contribution in [3.63, 3.8) is 0 Å². The quantitative estimate of drug-likeness (QED) is 0.330. The number of sulfonamides is 1. The molecule has 39 heavy (non-hydrogen) atoms. The molecule has 3 heterocycles. The lowest BCUT2D eigenvalue weighted by Gasteiger charge is -2.22. The number of para-hydroxylation sites is 1. The number of amides is 1. The molecule has 1 amide bonds. The molecule has 0 saturated carbocycles. The van der Waals surface area contributed by atoms with Crippen LogP contribution < -0.4 is 10.1 Å². The predicted molar refractivity (Wildman–Crippen MR) is 135 cm³/mol. The smallest absolute Gasteiger partial charge is 0.433 e. The molecule has 1 N–H and O–H groups in total. The zero-order valence-electron chi connectivity index (χ0n) is 20.5. The number of nitrogens with one attached hydrogen (secondary N) is 1. The summed E-state index contributed by atoms with van der Waals surface area (Å²) in [5.74, 6) is 0.0333. The van der Waals surface area contributed by atoms with Crippen LogP contribution in [0.4, 0.5) is 13.2 Å². The Morgan fingerprint density at radius 3 is 2.64 bits per heavy atom. The maximum Gasteiger partial charge on any atom is 0.433 e. The van der Waals surface area contributed by atoms with Gasteiger partial charge in [-0.25, -0.2) is 8.42 Å². The molecule has 1 aliphatic rings. The van der Waals surface area contributed by atoms with Crippen LogP contribution in [0.15, 0.2) is 82.4 Å². The first-order valence-corrected chi connectivity index (χ1v) is 13.6. The van der Waals surface area contributed by atoms with Gasteiger partial charge in [0.05, 0.1) is 0 Å². The van der Waals surface area contributed by atoms with Crippen molar-refractivity contribution < 1.29 is 35.5 Å². The van der Waals surface area contributed by atoms with Gasteiger partial charge in [0.1, 0.15) is 29.7 Å². The average Bonchev–Trinajstić information content (AvgIpc) is 3.59. The molecule has 8 nitrogen and oxygen atoms in total. The number of fused-ring (bicyclic) bond motifs is 1. The molecule has 4 aromatic rings. The lowest BCUT2D eigenvalue weighted by molar-refractivity contribution is -0.141. The molecule has 12 heteroatoms. The van der Waals surface area contributed by atoms with Crippen LogP contribution in [-0.4, -0.2) is 36.2 Å². The zero-order chi connectivity index (χ0) is 27.6. The van der Waals surface area contributed by atoms with Gasteiger partial charge in [-0.3, -0.25) is 9.78 Å². The Balaban J connectivity index is 1.20. The van der Waals surface area contributed by atoms with Crippen molar-refractivity contribution >= 4 is 26.9 Å². The number of carbonyl (C=O) groups is 1. The highest BCUT2D eigenvalue weighted by Crippen LogP contribution is 2.30. The van der Waals surface area contributed by atoms with E-state index >= 15 is 0 Å². The van der Waals surface area contributed by atoms with Crippen LogP contribution >= 0.6 is 0 Å². The second-order valence-electron chi connectivity index (χ2n) is 9.08. The van der Waals surface area contributed by atoms with Crippen LogP contribution in [0.1, 0.15) is 29.7 Å². The topological polar surface area (TPSA) is 102 Å². The Morgan fingerprint density at radius 1 is 1.08 bits per heavy atom. The molecule has 2 aromatic carbocycles. The Hall–Kier alpha value is -3.90. The van der Waals surface area contributed by atoms with E-state index in [1.54, 1.807) is 48.5 Å². The van der Waals surface area contributed by atoms with Crippen LogP contribution in [0.5, 0.6) is 5.75 Å². The summed E-state index contributed by atoms with van der Waals surface area (Å²) in [6.45, 7) is 0.351. The number of rotatable bonds is 8. The van der Waals surface area contributed by atoms with Crippen molar-refractivity contribution in [1.29, 1.82) is 0 Å². The molecular weight excluding hydrogens is 535 g/mol. The van der Waals surface area contributed by atoms with Gasteiger partial charge in [0.2, 0.25) is 11.0 Å². The minimum Gasteiger partial charge on any atom is -0.489 e. The van der Waals surface area contributed by atoms with Crippen LogP contribution in [-0.2, 0) is 34.1 Å². The minimum absolute atomic E-state index is 0.0115. The zero-order valence-corrected chi connectivity index (χ0v) is 21.3. The van der Waals surface area contributed by atoms with Crippen molar-refractivity contribution in [3.05, 3.63) is 89.7 Å². The highest BCUT2D eigenvalue weighted by Gasteiger charge is 2.41. The molecule has 1 fully saturated rings. The lowest BCUT2D eigenvalue weighted by atomic mass is 10.2. The van der Waals surface area contributed by atoms with Crippen molar-refractivity contribution in [1.82, 2.24) is 14.6 Å². The van der Waals surface area contributed by atoms with E-state index in [4.69, 9.17) is 9.15 Å². The average molecular weight is 560 g/mol. The highest BCUT2D eigenvalue weighted by molar-refractivity contribution is 7.89. The summed E-state index contributed by atoms with van der Waals surface area (Å²) in [5, 5.41) is 3.26. The van der Waals surface area contributed by atoms with Crippen molar-refractivity contribution in [2.24, 2.45) is 0 Å². The SMILES string of the molecule is O=C(NCc1cccc(OCc2ccc(C(F)(F)F)nc2)c1)[C@@H]1CCCN1S(=O)(=O)c1cc2ccccc2o1. The molecule has 0 spiro atoms. The molecular formula is C27H24F3N3O5S. The first kappa shape index (κ1) is 26.7. The molecule has 204 valence electrons. The fraction of sp³-hybridized carbons (Fsp3) is 0.259. The van der Waals surface area contributed by atoms with Crippen LogP contribution in [0.3, 0.4) is 0 Å². The summed E-state index contributed by atoms with van der Waals surface area (Å²) < 4.78 is 77.0. The van der Waals surface area contributed by atoms with Crippen LogP contribution in [0.25, 0.3) is 11.0 Å². The van der Waals surface area contributed by atoms with Crippen LogP contribution in [0.2, 0.25) is 0 Å². The van der Waals surface area contributed by atoms with E-state index in [1.807, 2.05) is 0 Å². The van der Waals surface area contributed by atoms with Gasteiger partial charge in [-0.05, 0) is 42.7 Å². The number of benzene rings is 2. The largest absolute Gasteiger partial charge is 0.489 e. The third kappa shape index (κ3) is 5.91. The number of furan rings is 1. The summed E-state index contributed by atoms with van der Waals surface area (Å²) in [6, 6.07) is 16.6. The number of pyridine rings is 1. The molecule has 0 bridgehead atoms. The number of hydrogen-bond donors (Lipinski definition) is 1. The van der Waals surface area contributed by atoms with E-state index in [9.17, 15) is 26.4 Å². The molecule has 0 aliphatic carbocycles. The summed E-state index contributed by atoms with van der Waals surface area (Å²) in [6.07, 6.45) is -2.47. The second-order valence-corrected chi connectivity index (χ2v) is 10.9. The predicted octanol–water partition coefficient (Wildman–Crippen LogP) is 4.90. The molecule has 0 unspecified atom stereocenters. The van der Waals surface area contributed by atoms with Gasteiger partial charge in [-0.15, -0.1) is 0 Å². The maximum absolute atomic E-state index is 13.3. The van der Waals surface area contributed by atoms with E-state index in [0.29, 0.717) is 40.7 Å². The Bertz CT molecular complexity index is 1550. The number of ether oxygens (including phenoxy) is 1. The van der Waals surface area contributed by atoms with E-state index < -0.39 is 33.8 Å². The Morgan fingerprint density at radius 2 is 1.90 bits per heavy atom. The summed E-state index contributed by atoms with van der Waals surface area (Å²) in [5.41, 5.74) is 0.646. The molecule has 0 radical (unpaired) electrons. The van der Waals surface area contributed by atoms with Gasteiger partial charge in [-0.2, -0.15) is 17.5 Å². The summed E-state index contributed by atoms with van der Waals surface area (Å²) in [4.78, 5) is 16.4. The van der Waals surface area contributed by atoms with E-state index in [-0.39, 0.29) is 24.8 Å². The van der Waals surface area contributed by atoms with Crippen molar-refractivity contribution in [2.75, 3.05) is 6.54 Å². The van der Waals surface area contributed by atoms with Gasteiger partial charge >= 0.3 is 6.18 Å².